The van der Waals surface area contributed by atoms with E-state index in [-0.39, 0.29) is 11.1 Å². The van der Waals surface area contributed by atoms with Crippen molar-refractivity contribution in [3.05, 3.63) is 83.2 Å². The monoisotopic (exact) mass is 362 g/mol. The van der Waals surface area contributed by atoms with Gasteiger partial charge in [-0.05, 0) is 46.9 Å². The maximum Gasteiger partial charge on any atom is 0.269 e. The first-order valence-corrected chi connectivity index (χ1v) is 8.07. The third-order valence-electron chi connectivity index (χ3n) is 4.27. The summed E-state index contributed by atoms with van der Waals surface area (Å²) in [4.78, 5) is 0. The molecule has 0 spiro atoms. The maximum atomic E-state index is 14.5. The van der Waals surface area contributed by atoms with E-state index in [4.69, 9.17) is 0 Å². The van der Waals surface area contributed by atoms with Gasteiger partial charge in [-0.15, -0.1) is 0 Å². The van der Waals surface area contributed by atoms with Crippen LogP contribution in [0.3, 0.4) is 0 Å². The maximum absolute atomic E-state index is 14.5. The quantitative estimate of drug-likeness (QED) is 0.441. The van der Waals surface area contributed by atoms with E-state index in [1.54, 1.807) is 6.07 Å². The van der Waals surface area contributed by atoms with Crippen molar-refractivity contribution in [3.8, 4) is 22.3 Å². The third-order valence-corrected chi connectivity index (χ3v) is 4.27. The van der Waals surface area contributed by atoms with Crippen molar-refractivity contribution in [2.24, 2.45) is 0 Å². The lowest BCUT2D eigenvalue weighted by Gasteiger charge is -2.10. The second-order valence-electron chi connectivity index (χ2n) is 5.90. The molecule has 0 aromatic heterocycles. The number of hydrogen-bond acceptors (Lipinski definition) is 0. The van der Waals surface area contributed by atoms with Gasteiger partial charge in [0.2, 0.25) is 0 Å². The molecule has 0 aliphatic rings. The Morgan fingerprint density at radius 2 is 1.23 bits per heavy atom. The summed E-state index contributed by atoms with van der Waals surface area (Å²) in [6, 6.07) is 13.3. The molecule has 134 valence electrons. The molecule has 0 fully saturated rings. The Labute approximate surface area is 147 Å². The van der Waals surface area contributed by atoms with E-state index < -0.39 is 29.4 Å². The fraction of sp³-hybridized carbons (Fsp3) is 0.143. The highest BCUT2D eigenvalue weighted by Gasteiger charge is 2.21. The van der Waals surface area contributed by atoms with Crippen molar-refractivity contribution in [3.63, 3.8) is 0 Å². The number of hydrogen-bond donors (Lipinski definition) is 0. The van der Waals surface area contributed by atoms with Crippen LogP contribution in [0.5, 0.6) is 0 Å². The van der Waals surface area contributed by atoms with E-state index in [1.165, 1.54) is 12.1 Å². The van der Waals surface area contributed by atoms with Crippen LogP contribution >= 0.6 is 0 Å². The van der Waals surface area contributed by atoms with Gasteiger partial charge in [-0.2, -0.15) is 0 Å². The summed E-state index contributed by atoms with van der Waals surface area (Å²) < 4.78 is 67.3. The van der Waals surface area contributed by atoms with Crippen LogP contribution in [0.4, 0.5) is 22.0 Å². The Morgan fingerprint density at radius 1 is 0.692 bits per heavy atom. The van der Waals surface area contributed by atoms with Crippen LogP contribution in [0.15, 0.2) is 54.6 Å². The molecule has 0 bridgehead atoms. The van der Waals surface area contributed by atoms with Crippen molar-refractivity contribution in [2.45, 2.75) is 19.8 Å². The summed E-state index contributed by atoms with van der Waals surface area (Å²) >= 11 is 0. The van der Waals surface area contributed by atoms with Crippen LogP contribution in [0.2, 0.25) is 0 Å². The number of alkyl halides is 2. The second-order valence-corrected chi connectivity index (χ2v) is 5.90. The topological polar surface area (TPSA) is 0 Å². The van der Waals surface area contributed by atoms with E-state index in [1.807, 2.05) is 31.2 Å². The average Bonchev–Trinajstić information content (AvgIpc) is 2.60. The molecule has 3 rings (SSSR count). The van der Waals surface area contributed by atoms with Crippen molar-refractivity contribution in [2.75, 3.05) is 0 Å². The van der Waals surface area contributed by atoms with Crippen LogP contribution in [-0.4, -0.2) is 0 Å². The van der Waals surface area contributed by atoms with Gasteiger partial charge in [0.15, 0.2) is 0 Å². The predicted molar refractivity (Wildman–Crippen MR) is 91.5 cm³/mol. The first-order chi connectivity index (χ1) is 12.4. The molecule has 0 heterocycles. The molecule has 0 unspecified atom stereocenters. The van der Waals surface area contributed by atoms with E-state index in [2.05, 4.69) is 0 Å². The minimum absolute atomic E-state index is 0.0578. The molecule has 0 N–H and O–H groups in total. The highest BCUT2D eigenvalue weighted by molar-refractivity contribution is 5.71. The SMILES string of the molecule is CCc1ccc(-c2ccc(-c3cc(F)c(C(F)F)c(F)c3)c(F)c2)cc1. The van der Waals surface area contributed by atoms with Gasteiger partial charge in [0.25, 0.3) is 6.43 Å². The van der Waals surface area contributed by atoms with Crippen molar-refractivity contribution in [1.29, 1.82) is 0 Å². The smallest absolute Gasteiger partial charge is 0.206 e. The Hall–Kier alpha value is -2.69. The fourth-order valence-corrected chi connectivity index (χ4v) is 2.81. The van der Waals surface area contributed by atoms with Crippen LogP contribution in [0, 0.1) is 17.5 Å². The zero-order valence-electron chi connectivity index (χ0n) is 13.9. The van der Waals surface area contributed by atoms with Gasteiger partial charge in [0.05, 0.1) is 5.56 Å². The summed E-state index contributed by atoms with van der Waals surface area (Å²) in [5.41, 5.74) is 1.07. The van der Waals surface area contributed by atoms with Gasteiger partial charge in [-0.3, -0.25) is 0 Å². The van der Waals surface area contributed by atoms with Gasteiger partial charge in [0, 0.05) is 5.56 Å². The second kappa shape index (κ2) is 7.28. The van der Waals surface area contributed by atoms with Gasteiger partial charge in [-0.25, -0.2) is 22.0 Å². The predicted octanol–water partition coefficient (Wildman–Crippen LogP) is 6.94. The van der Waals surface area contributed by atoms with Crippen LogP contribution in [0.25, 0.3) is 22.3 Å². The van der Waals surface area contributed by atoms with Crippen LogP contribution < -0.4 is 0 Å². The summed E-state index contributed by atoms with van der Waals surface area (Å²) in [6.07, 6.45) is -2.39. The Kier molecular flexibility index (Phi) is 5.07. The third kappa shape index (κ3) is 3.47. The van der Waals surface area contributed by atoms with Gasteiger partial charge in [-0.1, -0.05) is 43.3 Å². The summed E-state index contributed by atoms with van der Waals surface area (Å²) in [6.45, 7) is 2.03. The van der Waals surface area contributed by atoms with E-state index in [0.29, 0.717) is 5.56 Å². The van der Waals surface area contributed by atoms with Gasteiger partial charge >= 0.3 is 0 Å². The zero-order valence-corrected chi connectivity index (χ0v) is 13.9. The molecule has 0 aliphatic carbocycles. The van der Waals surface area contributed by atoms with Crippen LogP contribution in [-0.2, 0) is 6.42 Å². The minimum atomic E-state index is -3.28. The molecule has 0 aliphatic heterocycles. The lowest BCUT2D eigenvalue weighted by Crippen LogP contribution is -1.98. The van der Waals surface area contributed by atoms with E-state index in [9.17, 15) is 22.0 Å². The molecule has 0 nitrogen and oxygen atoms in total. The Bertz CT molecular complexity index is 907. The molecular formula is C21H15F5. The first-order valence-electron chi connectivity index (χ1n) is 8.07. The lowest BCUT2D eigenvalue weighted by molar-refractivity contribution is 0.141. The number of aryl methyl sites for hydroxylation is 1. The molecule has 3 aromatic carbocycles. The summed E-state index contributed by atoms with van der Waals surface area (Å²) in [7, 11) is 0. The fourth-order valence-electron chi connectivity index (χ4n) is 2.81. The molecule has 26 heavy (non-hydrogen) atoms. The Balaban J connectivity index is 2.00. The first kappa shape index (κ1) is 18.1. The van der Waals surface area contributed by atoms with E-state index >= 15 is 0 Å². The molecular weight excluding hydrogens is 347 g/mol. The van der Waals surface area contributed by atoms with Gasteiger partial charge in [0.1, 0.15) is 17.5 Å². The molecule has 5 heteroatoms. The highest BCUT2D eigenvalue weighted by Crippen LogP contribution is 2.33. The van der Waals surface area contributed by atoms with Crippen molar-refractivity contribution in [1.82, 2.24) is 0 Å². The van der Waals surface area contributed by atoms with E-state index in [0.717, 1.165) is 29.7 Å². The normalized spacial score (nSPS) is 11.2. The molecule has 0 saturated carbocycles. The average molecular weight is 362 g/mol. The Morgan fingerprint density at radius 3 is 1.73 bits per heavy atom. The number of rotatable bonds is 4. The standard InChI is InChI=1S/C21H15F5/c1-2-12-3-5-13(6-4-12)14-7-8-16(17(22)9-14)15-10-18(23)20(21(25)26)19(24)11-15/h3-11,21H,2H2,1H3. The molecule has 0 radical (unpaired) electrons. The molecule has 0 atom stereocenters. The molecule has 3 aromatic rings. The summed E-state index contributed by atoms with van der Waals surface area (Å²) in [5, 5.41) is 0. The molecule has 0 saturated heterocycles. The van der Waals surface area contributed by atoms with Crippen LogP contribution in [0.1, 0.15) is 24.5 Å². The zero-order chi connectivity index (χ0) is 18.8. The summed E-state index contributed by atoms with van der Waals surface area (Å²) in [5.74, 6) is -3.48. The minimum Gasteiger partial charge on any atom is -0.206 e. The number of halogens is 5. The van der Waals surface area contributed by atoms with Crippen molar-refractivity contribution >= 4 is 0 Å². The molecule has 0 amide bonds. The number of benzene rings is 3. The largest absolute Gasteiger partial charge is 0.269 e. The van der Waals surface area contributed by atoms with Crippen molar-refractivity contribution < 1.29 is 22.0 Å². The van der Waals surface area contributed by atoms with Gasteiger partial charge < -0.3 is 0 Å². The lowest BCUT2D eigenvalue weighted by atomic mass is 9.97. The highest BCUT2D eigenvalue weighted by atomic mass is 19.3.